The van der Waals surface area contributed by atoms with Gasteiger partial charge in [0.2, 0.25) is 0 Å². The standard InChI is InChI=1S/C26H29N/c1-4-5-12-21-17-18-24(27)19-25(21)26(20(2)3,22-13-8-6-9-14-22)23-15-10-7-11-16-23/h4-11,13-20H,12,27H2,1-3H3/b5-4-. The topological polar surface area (TPSA) is 26.0 Å². The molecule has 3 rings (SSSR count). The molecule has 0 aromatic heterocycles. The van der Waals surface area contributed by atoms with Gasteiger partial charge in [0.05, 0.1) is 0 Å². The predicted molar refractivity (Wildman–Crippen MR) is 117 cm³/mol. The Kier molecular flexibility index (Phi) is 5.81. The van der Waals surface area contributed by atoms with Gasteiger partial charge in [-0.05, 0) is 53.6 Å². The second kappa shape index (κ2) is 8.26. The van der Waals surface area contributed by atoms with Crippen molar-refractivity contribution < 1.29 is 0 Å². The van der Waals surface area contributed by atoms with E-state index in [1.807, 2.05) is 6.07 Å². The molecular formula is C26H29N. The second-order valence-corrected chi connectivity index (χ2v) is 7.38. The molecule has 0 aliphatic carbocycles. The molecule has 0 heterocycles. The lowest BCUT2D eigenvalue weighted by Crippen LogP contribution is -2.36. The number of rotatable bonds is 6. The monoisotopic (exact) mass is 355 g/mol. The molecule has 1 heteroatoms. The summed E-state index contributed by atoms with van der Waals surface area (Å²) in [6.45, 7) is 6.69. The average molecular weight is 356 g/mol. The van der Waals surface area contributed by atoms with Crippen LogP contribution < -0.4 is 5.73 Å². The van der Waals surface area contributed by atoms with Crippen LogP contribution in [0, 0.1) is 5.92 Å². The molecule has 0 aliphatic rings. The van der Waals surface area contributed by atoms with Crippen molar-refractivity contribution in [2.24, 2.45) is 5.92 Å². The molecule has 0 aliphatic heterocycles. The first kappa shape index (κ1) is 19.0. The third-order valence-corrected chi connectivity index (χ3v) is 5.46. The van der Waals surface area contributed by atoms with Crippen molar-refractivity contribution in [3.63, 3.8) is 0 Å². The molecule has 0 radical (unpaired) electrons. The molecule has 138 valence electrons. The number of anilines is 1. The number of benzene rings is 3. The van der Waals surface area contributed by atoms with Crippen LogP contribution >= 0.6 is 0 Å². The first-order chi connectivity index (χ1) is 13.1. The maximum absolute atomic E-state index is 6.29. The van der Waals surface area contributed by atoms with Gasteiger partial charge in [-0.3, -0.25) is 0 Å². The van der Waals surface area contributed by atoms with Gasteiger partial charge < -0.3 is 5.73 Å². The number of hydrogen-bond acceptors (Lipinski definition) is 1. The van der Waals surface area contributed by atoms with Gasteiger partial charge in [0, 0.05) is 11.1 Å². The number of hydrogen-bond donors (Lipinski definition) is 1. The van der Waals surface area contributed by atoms with E-state index in [9.17, 15) is 0 Å². The lowest BCUT2D eigenvalue weighted by molar-refractivity contribution is 0.435. The Balaban J connectivity index is 2.40. The third-order valence-electron chi connectivity index (χ3n) is 5.46. The first-order valence-electron chi connectivity index (χ1n) is 9.71. The van der Waals surface area contributed by atoms with Gasteiger partial charge in [-0.1, -0.05) is 92.7 Å². The molecular weight excluding hydrogens is 326 g/mol. The Labute approximate surface area is 163 Å². The minimum Gasteiger partial charge on any atom is -0.399 e. The van der Waals surface area contributed by atoms with Gasteiger partial charge in [0.25, 0.3) is 0 Å². The molecule has 0 spiro atoms. The van der Waals surface area contributed by atoms with E-state index in [1.54, 1.807) is 0 Å². The van der Waals surface area contributed by atoms with Crippen molar-refractivity contribution in [2.45, 2.75) is 32.6 Å². The van der Waals surface area contributed by atoms with Gasteiger partial charge >= 0.3 is 0 Å². The highest BCUT2D eigenvalue weighted by Gasteiger charge is 2.40. The molecule has 0 fully saturated rings. The number of nitrogens with two attached hydrogens (primary N) is 1. The quantitative estimate of drug-likeness (QED) is 0.310. The molecule has 3 aromatic rings. The molecule has 1 nitrogen and oxygen atoms in total. The number of allylic oxidation sites excluding steroid dienone is 2. The Hall–Kier alpha value is -2.80. The molecule has 2 N–H and O–H groups in total. The second-order valence-electron chi connectivity index (χ2n) is 7.38. The first-order valence-corrected chi connectivity index (χ1v) is 9.71. The summed E-state index contributed by atoms with van der Waals surface area (Å²) in [7, 11) is 0. The molecule has 0 amide bonds. The summed E-state index contributed by atoms with van der Waals surface area (Å²) in [5, 5.41) is 0. The normalized spacial score (nSPS) is 12.0. The zero-order valence-electron chi connectivity index (χ0n) is 16.5. The SMILES string of the molecule is C/C=C\Cc1ccc(N)cc1C(c1ccccc1)(c1ccccc1)C(C)C. The molecule has 0 unspecified atom stereocenters. The minimum atomic E-state index is -0.255. The Bertz CT molecular complexity index is 853. The van der Waals surface area contributed by atoms with Crippen molar-refractivity contribution in [2.75, 3.05) is 5.73 Å². The molecule has 27 heavy (non-hydrogen) atoms. The fourth-order valence-corrected chi connectivity index (χ4v) is 4.24. The molecule has 3 aromatic carbocycles. The van der Waals surface area contributed by atoms with Crippen molar-refractivity contribution in [3.8, 4) is 0 Å². The van der Waals surface area contributed by atoms with Crippen LogP contribution in [0.2, 0.25) is 0 Å². The van der Waals surface area contributed by atoms with E-state index in [1.165, 1.54) is 22.3 Å². The van der Waals surface area contributed by atoms with Crippen LogP contribution in [0.5, 0.6) is 0 Å². The van der Waals surface area contributed by atoms with Gasteiger partial charge in [-0.15, -0.1) is 0 Å². The van der Waals surface area contributed by atoms with Crippen molar-refractivity contribution >= 4 is 5.69 Å². The highest BCUT2D eigenvalue weighted by atomic mass is 14.6. The lowest BCUT2D eigenvalue weighted by atomic mass is 9.61. The summed E-state index contributed by atoms with van der Waals surface area (Å²) in [4.78, 5) is 0. The van der Waals surface area contributed by atoms with Crippen molar-refractivity contribution in [1.29, 1.82) is 0 Å². The van der Waals surface area contributed by atoms with Crippen molar-refractivity contribution in [1.82, 2.24) is 0 Å². The van der Waals surface area contributed by atoms with E-state index in [-0.39, 0.29) is 5.41 Å². The molecule has 0 saturated carbocycles. The Morgan fingerprint density at radius 3 is 1.89 bits per heavy atom. The molecule has 0 bridgehead atoms. The largest absolute Gasteiger partial charge is 0.399 e. The Morgan fingerprint density at radius 1 is 0.852 bits per heavy atom. The van der Waals surface area contributed by atoms with Crippen LogP contribution in [-0.2, 0) is 11.8 Å². The summed E-state index contributed by atoms with van der Waals surface area (Å²) < 4.78 is 0. The van der Waals surface area contributed by atoms with Crippen LogP contribution in [0.4, 0.5) is 5.69 Å². The van der Waals surface area contributed by atoms with Crippen LogP contribution in [0.1, 0.15) is 43.0 Å². The van der Waals surface area contributed by atoms with E-state index in [2.05, 4.69) is 106 Å². The van der Waals surface area contributed by atoms with E-state index in [0.29, 0.717) is 5.92 Å². The summed E-state index contributed by atoms with van der Waals surface area (Å²) in [5.41, 5.74) is 12.1. The molecule has 0 atom stereocenters. The zero-order valence-corrected chi connectivity index (χ0v) is 16.5. The van der Waals surface area contributed by atoms with Crippen molar-refractivity contribution in [3.05, 3.63) is 113 Å². The van der Waals surface area contributed by atoms with Gasteiger partial charge in [0.15, 0.2) is 0 Å². The van der Waals surface area contributed by atoms with Crippen LogP contribution in [0.25, 0.3) is 0 Å². The fraction of sp³-hybridized carbons (Fsp3) is 0.231. The maximum atomic E-state index is 6.29. The third kappa shape index (κ3) is 3.55. The van der Waals surface area contributed by atoms with E-state index in [0.717, 1.165) is 12.1 Å². The minimum absolute atomic E-state index is 0.255. The summed E-state index contributed by atoms with van der Waals surface area (Å²) in [6.07, 6.45) is 5.23. The summed E-state index contributed by atoms with van der Waals surface area (Å²) >= 11 is 0. The fourth-order valence-electron chi connectivity index (χ4n) is 4.24. The summed E-state index contributed by atoms with van der Waals surface area (Å²) in [6, 6.07) is 28.1. The zero-order chi connectivity index (χ0) is 19.3. The highest BCUT2D eigenvalue weighted by Crippen LogP contribution is 2.47. The predicted octanol–water partition coefficient (Wildman–Crippen LogP) is 6.38. The van der Waals surface area contributed by atoms with Crippen LogP contribution in [-0.4, -0.2) is 0 Å². The Morgan fingerprint density at radius 2 is 1.41 bits per heavy atom. The highest BCUT2D eigenvalue weighted by molar-refractivity contribution is 5.58. The summed E-state index contributed by atoms with van der Waals surface area (Å²) in [5.74, 6) is 0.355. The number of nitrogen functional groups attached to an aromatic ring is 1. The lowest BCUT2D eigenvalue weighted by Gasteiger charge is -2.41. The van der Waals surface area contributed by atoms with Crippen LogP contribution in [0.3, 0.4) is 0 Å². The van der Waals surface area contributed by atoms with E-state index >= 15 is 0 Å². The van der Waals surface area contributed by atoms with Gasteiger partial charge in [0.1, 0.15) is 0 Å². The van der Waals surface area contributed by atoms with Crippen LogP contribution in [0.15, 0.2) is 91.0 Å². The smallest absolute Gasteiger partial charge is 0.0477 e. The average Bonchev–Trinajstić information content (AvgIpc) is 2.69. The van der Waals surface area contributed by atoms with Gasteiger partial charge in [-0.2, -0.15) is 0 Å². The molecule has 0 saturated heterocycles. The van der Waals surface area contributed by atoms with E-state index < -0.39 is 0 Å². The maximum Gasteiger partial charge on any atom is 0.0477 e. The van der Waals surface area contributed by atoms with E-state index in [4.69, 9.17) is 5.73 Å². The van der Waals surface area contributed by atoms with Gasteiger partial charge in [-0.25, -0.2) is 0 Å².